The molecule has 0 unspecified atom stereocenters. The quantitative estimate of drug-likeness (QED) is 0.715. The highest BCUT2D eigenvalue weighted by Gasteiger charge is 2.64. The maximum Gasteiger partial charge on any atom is -0.00257 e. The zero-order valence-electron chi connectivity index (χ0n) is 10.1. The largest absolute Gasteiger partial charge is 0.330 e. The van der Waals surface area contributed by atoms with Gasteiger partial charge in [0.15, 0.2) is 0 Å². The molecule has 2 N–H and O–H groups in total. The first kappa shape index (κ1) is 11.0. The Bertz CT molecular complexity index is 187. The van der Waals surface area contributed by atoms with Gasteiger partial charge < -0.3 is 5.73 Å². The molecule has 0 aromatic carbocycles. The summed E-state index contributed by atoms with van der Waals surface area (Å²) >= 11 is 0. The van der Waals surface area contributed by atoms with Crippen LogP contribution in [0.5, 0.6) is 0 Å². The van der Waals surface area contributed by atoms with Crippen LogP contribution < -0.4 is 5.73 Å². The lowest BCUT2D eigenvalue weighted by Gasteiger charge is -2.23. The highest BCUT2D eigenvalue weighted by Crippen LogP contribution is 2.71. The minimum Gasteiger partial charge on any atom is -0.330 e. The molecule has 0 radical (unpaired) electrons. The Balaban J connectivity index is 2.61. The van der Waals surface area contributed by atoms with Gasteiger partial charge >= 0.3 is 0 Å². The predicted molar refractivity (Wildman–Crippen MR) is 58.5 cm³/mol. The molecule has 0 aromatic heterocycles. The van der Waals surface area contributed by atoms with Gasteiger partial charge in [-0.15, -0.1) is 0 Å². The van der Waals surface area contributed by atoms with Crippen LogP contribution in [0.25, 0.3) is 0 Å². The van der Waals surface area contributed by atoms with E-state index in [9.17, 15) is 0 Å². The van der Waals surface area contributed by atoms with E-state index in [1.54, 1.807) is 0 Å². The first-order chi connectivity index (χ1) is 5.65. The third-order valence-corrected chi connectivity index (χ3v) is 4.63. The monoisotopic (exact) mass is 183 g/mol. The molecular weight excluding hydrogens is 158 g/mol. The standard InChI is InChI=1S/C12H25N/c1-10(2,8-13)7-9-11(3,4)12(9,5)6/h9H,7-8,13H2,1-6H3. The fourth-order valence-electron chi connectivity index (χ4n) is 2.48. The second-order valence-corrected chi connectivity index (χ2v) is 6.57. The van der Waals surface area contributed by atoms with Gasteiger partial charge in [0.25, 0.3) is 0 Å². The Morgan fingerprint density at radius 3 is 1.69 bits per heavy atom. The van der Waals surface area contributed by atoms with Crippen molar-refractivity contribution in [1.82, 2.24) is 0 Å². The normalized spacial score (nSPS) is 26.1. The van der Waals surface area contributed by atoms with Crippen LogP contribution in [0.1, 0.15) is 48.0 Å². The van der Waals surface area contributed by atoms with Gasteiger partial charge in [-0.2, -0.15) is 0 Å². The number of rotatable bonds is 3. The minimum atomic E-state index is 0.315. The van der Waals surface area contributed by atoms with Gasteiger partial charge in [0.2, 0.25) is 0 Å². The number of nitrogens with two attached hydrogens (primary N) is 1. The van der Waals surface area contributed by atoms with Crippen LogP contribution in [0, 0.1) is 22.2 Å². The van der Waals surface area contributed by atoms with Gasteiger partial charge in [0.05, 0.1) is 0 Å². The Kier molecular flexibility index (Phi) is 2.31. The van der Waals surface area contributed by atoms with Crippen molar-refractivity contribution in [3.05, 3.63) is 0 Å². The molecular formula is C12H25N. The Hall–Kier alpha value is -0.0400. The fraction of sp³-hybridized carbons (Fsp3) is 1.00. The summed E-state index contributed by atoms with van der Waals surface area (Å²) in [5.74, 6) is 0.846. The molecule has 78 valence electrons. The smallest absolute Gasteiger partial charge is 0.00257 e. The molecule has 0 amide bonds. The zero-order chi connectivity index (χ0) is 10.5. The molecule has 0 bridgehead atoms. The van der Waals surface area contributed by atoms with Crippen LogP contribution in [-0.2, 0) is 0 Å². The molecule has 1 saturated carbocycles. The van der Waals surface area contributed by atoms with Gasteiger partial charge in [-0.25, -0.2) is 0 Å². The van der Waals surface area contributed by atoms with E-state index in [-0.39, 0.29) is 0 Å². The van der Waals surface area contributed by atoms with E-state index in [1.807, 2.05) is 0 Å². The number of hydrogen-bond acceptors (Lipinski definition) is 1. The van der Waals surface area contributed by atoms with E-state index in [2.05, 4.69) is 41.5 Å². The van der Waals surface area contributed by atoms with Crippen molar-refractivity contribution in [2.75, 3.05) is 6.54 Å². The Morgan fingerprint density at radius 1 is 1.08 bits per heavy atom. The van der Waals surface area contributed by atoms with Gasteiger partial charge in [-0.1, -0.05) is 41.5 Å². The van der Waals surface area contributed by atoms with E-state index < -0.39 is 0 Å². The SMILES string of the molecule is CC(C)(CN)CC1C(C)(C)C1(C)C. The summed E-state index contributed by atoms with van der Waals surface area (Å²) in [4.78, 5) is 0. The molecule has 1 fully saturated rings. The van der Waals surface area contributed by atoms with Crippen LogP contribution in [0.3, 0.4) is 0 Å². The van der Waals surface area contributed by atoms with E-state index in [0.29, 0.717) is 16.2 Å². The third-order valence-electron chi connectivity index (χ3n) is 4.63. The van der Waals surface area contributed by atoms with Crippen LogP contribution in [-0.4, -0.2) is 6.54 Å². The van der Waals surface area contributed by atoms with E-state index >= 15 is 0 Å². The lowest BCUT2D eigenvalue weighted by Crippen LogP contribution is -2.24. The summed E-state index contributed by atoms with van der Waals surface area (Å²) in [5.41, 5.74) is 7.10. The van der Waals surface area contributed by atoms with Crippen molar-refractivity contribution < 1.29 is 0 Å². The average molecular weight is 183 g/mol. The van der Waals surface area contributed by atoms with E-state index in [1.165, 1.54) is 6.42 Å². The summed E-state index contributed by atoms with van der Waals surface area (Å²) in [7, 11) is 0. The first-order valence-electron chi connectivity index (χ1n) is 5.35. The minimum absolute atomic E-state index is 0.315. The predicted octanol–water partition coefficient (Wildman–Crippen LogP) is 3.04. The van der Waals surface area contributed by atoms with Crippen LogP contribution in [0.2, 0.25) is 0 Å². The average Bonchev–Trinajstić information content (AvgIpc) is 2.33. The Morgan fingerprint density at radius 2 is 1.46 bits per heavy atom. The second kappa shape index (κ2) is 2.73. The van der Waals surface area contributed by atoms with Gasteiger partial charge in [0.1, 0.15) is 0 Å². The summed E-state index contributed by atoms with van der Waals surface area (Å²) in [6.07, 6.45) is 1.27. The lowest BCUT2D eigenvalue weighted by atomic mass is 9.85. The van der Waals surface area contributed by atoms with Crippen LogP contribution >= 0.6 is 0 Å². The Labute approximate surface area is 83.1 Å². The highest BCUT2D eigenvalue weighted by molar-refractivity contribution is 5.13. The van der Waals surface area contributed by atoms with Gasteiger partial charge in [0, 0.05) is 0 Å². The molecule has 1 heteroatoms. The van der Waals surface area contributed by atoms with Gasteiger partial charge in [-0.3, -0.25) is 0 Å². The van der Waals surface area contributed by atoms with Crippen LogP contribution in [0.15, 0.2) is 0 Å². The molecule has 0 heterocycles. The maximum absolute atomic E-state index is 5.76. The summed E-state index contributed by atoms with van der Waals surface area (Å²) in [6.45, 7) is 14.9. The topological polar surface area (TPSA) is 26.0 Å². The van der Waals surface area contributed by atoms with Gasteiger partial charge in [-0.05, 0) is 35.1 Å². The molecule has 0 aromatic rings. The summed E-state index contributed by atoms with van der Waals surface area (Å²) in [5, 5.41) is 0. The third kappa shape index (κ3) is 1.63. The molecule has 1 nitrogen and oxygen atoms in total. The molecule has 0 saturated heterocycles. The number of hydrogen-bond donors (Lipinski definition) is 1. The molecule has 0 aliphatic heterocycles. The van der Waals surface area contributed by atoms with Crippen molar-refractivity contribution >= 4 is 0 Å². The molecule has 1 rings (SSSR count). The lowest BCUT2D eigenvalue weighted by molar-refractivity contribution is 0.299. The van der Waals surface area contributed by atoms with Crippen molar-refractivity contribution in [3.8, 4) is 0 Å². The first-order valence-corrected chi connectivity index (χ1v) is 5.35. The molecule has 0 spiro atoms. The highest BCUT2D eigenvalue weighted by atomic mass is 14.7. The molecule has 0 atom stereocenters. The van der Waals surface area contributed by atoms with Crippen molar-refractivity contribution in [1.29, 1.82) is 0 Å². The second-order valence-electron chi connectivity index (χ2n) is 6.57. The van der Waals surface area contributed by atoms with Crippen molar-refractivity contribution in [3.63, 3.8) is 0 Å². The molecule has 13 heavy (non-hydrogen) atoms. The van der Waals surface area contributed by atoms with Crippen molar-refractivity contribution in [2.24, 2.45) is 27.9 Å². The molecule has 1 aliphatic rings. The van der Waals surface area contributed by atoms with Crippen LogP contribution in [0.4, 0.5) is 0 Å². The summed E-state index contributed by atoms with van der Waals surface area (Å²) < 4.78 is 0. The molecule has 1 aliphatic carbocycles. The van der Waals surface area contributed by atoms with E-state index in [4.69, 9.17) is 5.73 Å². The fourth-order valence-corrected chi connectivity index (χ4v) is 2.48. The maximum atomic E-state index is 5.76. The zero-order valence-corrected chi connectivity index (χ0v) is 10.1. The summed E-state index contributed by atoms with van der Waals surface area (Å²) in [6, 6.07) is 0. The van der Waals surface area contributed by atoms with Crippen molar-refractivity contribution in [2.45, 2.75) is 48.0 Å². The van der Waals surface area contributed by atoms with E-state index in [0.717, 1.165) is 12.5 Å².